The van der Waals surface area contributed by atoms with Gasteiger partial charge in [-0.05, 0) is 30.9 Å². The first-order chi connectivity index (χ1) is 12.0. The lowest BCUT2D eigenvalue weighted by molar-refractivity contribution is 0.383. The zero-order chi connectivity index (χ0) is 17.4. The molecule has 10 heteroatoms. The van der Waals surface area contributed by atoms with E-state index in [2.05, 4.69) is 18.9 Å². The lowest BCUT2D eigenvalue weighted by Gasteiger charge is -2.16. The number of nitrogens with zero attached hydrogens (tertiary/aromatic N) is 5. The summed E-state index contributed by atoms with van der Waals surface area (Å²) < 4.78 is 40.8. The smallest absolute Gasteiger partial charge is 0.245 e. The van der Waals surface area contributed by atoms with Crippen LogP contribution in [0.25, 0.3) is 11.0 Å². The van der Waals surface area contributed by atoms with Gasteiger partial charge in [-0.15, -0.1) is 0 Å². The van der Waals surface area contributed by atoms with Gasteiger partial charge in [0, 0.05) is 26.4 Å². The molecule has 1 aliphatic rings. The fourth-order valence-electron chi connectivity index (χ4n) is 3.16. The summed E-state index contributed by atoms with van der Waals surface area (Å²) in [4.78, 5) is 4.44. The van der Waals surface area contributed by atoms with E-state index in [4.69, 9.17) is 4.52 Å². The summed E-state index contributed by atoms with van der Waals surface area (Å²) in [5.41, 5.74) is 1.08. The third-order valence-electron chi connectivity index (χ3n) is 4.46. The SMILES string of the molecule is Cc1nc(CCC2CCN(S(=O)(=O)c3cccc4nsnc34)C2)no1. The van der Waals surface area contributed by atoms with Gasteiger partial charge >= 0.3 is 0 Å². The zero-order valence-corrected chi connectivity index (χ0v) is 15.3. The molecule has 1 aromatic carbocycles. The van der Waals surface area contributed by atoms with Crippen LogP contribution in [0.3, 0.4) is 0 Å². The molecular formula is C15H17N5O3S2. The van der Waals surface area contributed by atoms with Crippen LogP contribution < -0.4 is 0 Å². The normalized spacial score (nSPS) is 19.0. The number of benzene rings is 1. The van der Waals surface area contributed by atoms with Crippen molar-refractivity contribution in [1.82, 2.24) is 23.2 Å². The molecule has 1 aliphatic heterocycles. The van der Waals surface area contributed by atoms with Gasteiger partial charge in [-0.2, -0.15) is 18.0 Å². The number of aryl methyl sites for hydroxylation is 2. The molecule has 1 atom stereocenters. The number of sulfonamides is 1. The molecule has 25 heavy (non-hydrogen) atoms. The zero-order valence-electron chi connectivity index (χ0n) is 13.6. The van der Waals surface area contributed by atoms with E-state index in [9.17, 15) is 8.42 Å². The molecule has 0 N–H and O–H groups in total. The van der Waals surface area contributed by atoms with Crippen LogP contribution in [0.15, 0.2) is 27.6 Å². The highest BCUT2D eigenvalue weighted by Crippen LogP contribution is 2.30. The van der Waals surface area contributed by atoms with E-state index < -0.39 is 10.0 Å². The van der Waals surface area contributed by atoms with E-state index >= 15 is 0 Å². The van der Waals surface area contributed by atoms with Crippen LogP contribution in [0.2, 0.25) is 0 Å². The van der Waals surface area contributed by atoms with E-state index in [1.54, 1.807) is 29.4 Å². The van der Waals surface area contributed by atoms with Crippen molar-refractivity contribution in [3.05, 3.63) is 29.9 Å². The van der Waals surface area contributed by atoms with Crippen LogP contribution in [0, 0.1) is 12.8 Å². The fourth-order valence-corrected chi connectivity index (χ4v) is 5.44. The van der Waals surface area contributed by atoms with Gasteiger partial charge in [0.25, 0.3) is 0 Å². The molecule has 132 valence electrons. The van der Waals surface area contributed by atoms with Crippen LogP contribution in [0.4, 0.5) is 0 Å². The molecule has 4 rings (SSSR count). The second-order valence-electron chi connectivity index (χ2n) is 6.17. The Bertz CT molecular complexity index is 997. The van der Waals surface area contributed by atoms with E-state index in [0.29, 0.717) is 48.2 Å². The number of rotatable bonds is 5. The van der Waals surface area contributed by atoms with Crippen LogP contribution in [-0.2, 0) is 16.4 Å². The number of hydrogen-bond acceptors (Lipinski definition) is 8. The van der Waals surface area contributed by atoms with E-state index in [-0.39, 0.29) is 4.90 Å². The molecule has 0 aliphatic carbocycles. The van der Waals surface area contributed by atoms with Crippen molar-refractivity contribution >= 4 is 32.8 Å². The van der Waals surface area contributed by atoms with Crippen molar-refractivity contribution in [3.63, 3.8) is 0 Å². The third kappa shape index (κ3) is 3.16. The Morgan fingerprint density at radius 2 is 2.24 bits per heavy atom. The van der Waals surface area contributed by atoms with Crippen molar-refractivity contribution in [2.75, 3.05) is 13.1 Å². The van der Waals surface area contributed by atoms with E-state index in [1.807, 2.05) is 0 Å². The monoisotopic (exact) mass is 379 g/mol. The molecule has 8 nitrogen and oxygen atoms in total. The Hall–Kier alpha value is -1.91. The predicted octanol–water partition coefficient (Wildman–Crippen LogP) is 2.03. The maximum Gasteiger partial charge on any atom is 0.245 e. The summed E-state index contributed by atoms with van der Waals surface area (Å²) in [6.07, 6.45) is 2.37. The fraction of sp³-hybridized carbons (Fsp3) is 0.467. The van der Waals surface area contributed by atoms with Crippen LogP contribution in [0.5, 0.6) is 0 Å². The molecule has 3 aromatic rings. The highest BCUT2D eigenvalue weighted by atomic mass is 32.2. The van der Waals surface area contributed by atoms with Crippen molar-refractivity contribution in [2.24, 2.45) is 5.92 Å². The second-order valence-corrected chi connectivity index (χ2v) is 8.61. The molecule has 0 radical (unpaired) electrons. The predicted molar refractivity (Wildman–Crippen MR) is 91.6 cm³/mol. The summed E-state index contributed by atoms with van der Waals surface area (Å²) in [6.45, 7) is 2.79. The topological polar surface area (TPSA) is 102 Å². The van der Waals surface area contributed by atoms with Crippen LogP contribution in [0.1, 0.15) is 24.6 Å². The van der Waals surface area contributed by atoms with Crippen molar-refractivity contribution < 1.29 is 12.9 Å². The Balaban J connectivity index is 1.48. The molecule has 2 aromatic heterocycles. The average Bonchev–Trinajstić information content (AvgIpc) is 3.32. The van der Waals surface area contributed by atoms with Crippen molar-refractivity contribution in [3.8, 4) is 0 Å². The first-order valence-electron chi connectivity index (χ1n) is 8.04. The molecule has 1 unspecified atom stereocenters. The quantitative estimate of drug-likeness (QED) is 0.668. The number of aromatic nitrogens is 4. The van der Waals surface area contributed by atoms with Crippen LogP contribution in [-0.4, -0.2) is 44.7 Å². The van der Waals surface area contributed by atoms with Gasteiger partial charge in [-0.3, -0.25) is 0 Å². The van der Waals surface area contributed by atoms with Crippen molar-refractivity contribution in [1.29, 1.82) is 0 Å². The highest BCUT2D eigenvalue weighted by molar-refractivity contribution is 7.89. The average molecular weight is 379 g/mol. The summed E-state index contributed by atoms with van der Waals surface area (Å²) in [5, 5.41) is 3.89. The Morgan fingerprint density at radius 3 is 3.04 bits per heavy atom. The van der Waals surface area contributed by atoms with Gasteiger partial charge in [-0.25, -0.2) is 8.42 Å². The minimum Gasteiger partial charge on any atom is -0.340 e. The summed E-state index contributed by atoms with van der Waals surface area (Å²) in [6, 6.07) is 5.09. The summed E-state index contributed by atoms with van der Waals surface area (Å²) >= 11 is 1.03. The summed E-state index contributed by atoms with van der Waals surface area (Å²) in [7, 11) is -3.56. The molecule has 0 bridgehead atoms. The lowest BCUT2D eigenvalue weighted by Crippen LogP contribution is -2.29. The number of hydrogen-bond donors (Lipinski definition) is 0. The van der Waals surface area contributed by atoms with Gasteiger partial charge in [0.15, 0.2) is 5.82 Å². The molecule has 1 fully saturated rings. The Labute approximate surface area is 149 Å². The van der Waals surface area contributed by atoms with Gasteiger partial charge in [0.2, 0.25) is 15.9 Å². The maximum absolute atomic E-state index is 13.0. The summed E-state index contributed by atoms with van der Waals surface area (Å²) in [5.74, 6) is 1.52. The molecular weight excluding hydrogens is 362 g/mol. The molecule has 1 saturated heterocycles. The molecule has 3 heterocycles. The molecule has 0 spiro atoms. The van der Waals surface area contributed by atoms with Crippen LogP contribution >= 0.6 is 11.7 Å². The number of fused-ring (bicyclic) bond motifs is 1. The van der Waals surface area contributed by atoms with Gasteiger partial charge in [0.1, 0.15) is 15.9 Å². The van der Waals surface area contributed by atoms with Gasteiger partial charge in [0.05, 0.1) is 11.7 Å². The standard InChI is InChI=1S/C15H17N5O3S2/c1-10-16-14(17-23-10)6-5-11-7-8-20(9-11)25(21,22)13-4-2-3-12-15(13)19-24-18-12/h2-4,11H,5-9H2,1H3. The minimum atomic E-state index is -3.56. The van der Waals surface area contributed by atoms with E-state index in [1.165, 1.54) is 0 Å². The first kappa shape index (κ1) is 16.6. The highest BCUT2D eigenvalue weighted by Gasteiger charge is 2.34. The van der Waals surface area contributed by atoms with Crippen molar-refractivity contribution in [2.45, 2.75) is 31.1 Å². The Morgan fingerprint density at radius 1 is 1.36 bits per heavy atom. The largest absolute Gasteiger partial charge is 0.340 e. The minimum absolute atomic E-state index is 0.244. The lowest BCUT2D eigenvalue weighted by atomic mass is 10.0. The Kier molecular flexibility index (Phi) is 4.26. The molecule has 0 saturated carbocycles. The first-order valence-corrected chi connectivity index (χ1v) is 10.2. The maximum atomic E-state index is 13.0. The van der Waals surface area contributed by atoms with Gasteiger partial charge < -0.3 is 4.52 Å². The third-order valence-corrected chi connectivity index (χ3v) is 6.90. The van der Waals surface area contributed by atoms with Gasteiger partial charge in [-0.1, -0.05) is 11.2 Å². The second kappa shape index (κ2) is 6.43. The molecule has 0 amide bonds. The van der Waals surface area contributed by atoms with E-state index in [0.717, 1.165) is 24.6 Å².